The quantitative estimate of drug-likeness (QED) is 0.429. The van der Waals surface area contributed by atoms with Gasteiger partial charge in [0.2, 0.25) is 0 Å². The second-order valence-corrected chi connectivity index (χ2v) is 6.03. The number of nitrogens with zero attached hydrogens (tertiary/aromatic N) is 4. The van der Waals surface area contributed by atoms with Gasteiger partial charge in [-0.1, -0.05) is 6.07 Å². The monoisotopic (exact) mass is 379 g/mol. The zero-order chi connectivity index (χ0) is 20.5. The number of amides is 1. The van der Waals surface area contributed by atoms with Crippen LogP contribution in [0.5, 0.6) is 0 Å². The molecular formula is C20H21N5O3. The summed E-state index contributed by atoms with van der Waals surface area (Å²) in [5.41, 5.74) is 5.49. The van der Waals surface area contributed by atoms with Gasteiger partial charge in [0.05, 0.1) is 23.6 Å². The van der Waals surface area contributed by atoms with Crippen molar-refractivity contribution in [3.8, 4) is 6.07 Å². The van der Waals surface area contributed by atoms with Crippen LogP contribution >= 0.6 is 0 Å². The van der Waals surface area contributed by atoms with E-state index >= 15 is 0 Å². The van der Waals surface area contributed by atoms with E-state index in [4.69, 9.17) is 5.26 Å². The Kier molecular flexibility index (Phi) is 7.22. The van der Waals surface area contributed by atoms with Crippen LogP contribution in [0.3, 0.4) is 0 Å². The number of non-ortho nitro benzene ring substituents is 1. The number of aryl methyl sites for hydroxylation is 1. The van der Waals surface area contributed by atoms with Gasteiger partial charge in [-0.3, -0.25) is 14.9 Å². The van der Waals surface area contributed by atoms with Crippen LogP contribution < -0.4 is 10.3 Å². The first-order valence-corrected chi connectivity index (χ1v) is 8.76. The number of hydrazone groups is 1. The molecule has 2 aromatic carbocycles. The SMILES string of the molecule is CCN(CCC#N)c1ccc(/C=N\NC(=O)c2ccc([N+](=O)[O-])cc2)c(C)c1. The Morgan fingerprint density at radius 1 is 1.32 bits per heavy atom. The fourth-order valence-electron chi connectivity index (χ4n) is 2.62. The average Bonchev–Trinajstić information content (AvgIpc) is 2.70. The molecule has 0 saturated carbocycles. The van der Waals surface area contributed by atoms with Crippen molar-refractivity contribution in [2.24, 2.45) is 5.10 Å². The third-order valence-corrected chi connectivity index (χ3v) is 4.20. The molecule has 0 unspecified atom stereocenters. The summed E-state index contributed by atoms with van der Waals surface area (Å²) in [5, 5.41) is 23.4. The summed E-state index contributed by atoms with van der Waals surface area (Å²) in [6.45, 7) is 5.46. The Morgan fingerprint density at radius 3 is 2.61 bits per heavy atom. The lowest BCUT2D eigenvalue weighted by atomic mass is 10.1. The van der Waals surface area contributed by atoms with Gasteiger partial charge in [-0.2, -0.15) is 10.4 Å². The predicted octanol–water partition coefficient (Wildman–Crippen LogP) is 3.41. The van der Waals surface area contributed by atoms with E-state index in [-0.39, 0.29) is 11.3 Å². The molecule has 1 amide bonds. The van der Waals surface area contributed by atoms with Crippen LogP contribution in [-0.4, -0.2) is 30.1 Å². The van der Waals surface area contributed by atoms with Crippen LogP contribution in [0.1, 0.15) is 34.8 Å². The number of nitro groups is 1. The van der Waals surface area contributed by atoms with E-state index in [9.17, 15) is 14.9 Å². The molecule has 2 aromatic rings. The van der Waals surface area contributed by atoms with Crippen molar-refractivity contribution in [3.05, 3.63) is 69.3 Å². The number of carbonyl (C=O) groups excluding carboxylic acids is 1. The highest BCUT2D eigenvalue weighted by Crippen LogP contribution is 2.18. The van der Waals surface area contributed by atoms with E-state index in [1.165, 1.54) is 24.3 Å². The minimum Gasteiger partial charge on any atom is -0.371 e. The molecule has 1 N–H and O–H groups in total. The Morgan fingerprint density at radius 2 is 2.04 bits per heavy atom. The highest BCUT2D eigenvalue weighted by Gasteiger charge is 2.09. The van der Waals surface area contributed by atoms with Crippen molar-refractivity contribution in [2.75, 3.05) is 18.0 Å². The third kappa shape index (κ3) is 5.38. The lowest BCUT2D eigenvalue weighted by Gasteiger charge is -2.22. The van der Waals surface area contributed by atoms with Crippen molar-refractivity contribution < 1.29 is 9.72 Å². The lowest BCUT2D eigenvalue weighted by molar-refractivity contribution is -0.384. The lowest BCUT2D eigenvalue weighted by Crippen LogP contribution is -2.23. The largest absolute Gasteiger partial charge is 0.371 e. The Bertz CT molecular complexity index is 916. The van der Waals surface area contributed by atoms with E-state index < -0.39 is 10.8 Å². The molecule has 0 aliphatic heterocycles. The van der Waals surface area contributed by atoms with Crippen molar-refractivity contribution in [2.45, 2.75) is 20.3 Å². The van der Waals surface area contributed by atoms with Crippen LogP contribution in [0.15, 0.2) is 47.6 Å². The number of carbonyl (C=O) groups is 1. The van der Waals surface area contributed by atoms with Crippen molar-refractivity contribution in [1.82, 2.24) is 5.43 Å². The maximum absolute atomic E-state index is 12.1. The first-order chi connectivity index (χ1) is 13.5. The normalized spacial score (nSPS) is 10.5. The smallest absolute Gasteiger partial charge is 0.271 e. The van der Waals surface area contributed by atoms with Crippen molar-refractivity contribution >= 4 is 23.5 Å². The maximum Gasteiger partial charge on any atom is 0.271 e. The van der Waals surface area contributed by atoms with Crippen LogP contribution in [0.2, 0.25) is 0 Å². The molecule has 0 fully saturated rings. The Labute approximate surface area is 163 Å². The van der Waals surface area contributed by atoms with Crippen LogP contribution in [0.25, 0.3) is 0 Å². The number of nitrogens with one attached hydrogen (secondary N) is 1. The molecule has 0 aliphatic rings. The van der Waals surface area contributed by atoms with Crippen molar-refractivity contribution in [3.63, 3.8) is 0 Å². The molecule has 0 heterocycles. The summed E-state index contributed by atoms with van der Waals surface area (Å²) in [7, 11) is 0. The molecule has 0 saturated heterocycles. The molecule has 28 heavy (non-hydrogen) atoms. The number of benzene rings is 2. The van der Waals surface area contributed by atoms with Crippen LogP contribution in [0, 0.1) is 28.4 Å². The van der Waals surface area contributed by atoms with Crippen LogP contribution in [-0.2, 0) is 0 Å². The highest BCUT2D eigenvalue weighted by molar-refractivity contribution is 5.95. The van der Waals surface area contributed by atoms with Gasteiger partial charge in [-0.25, -0.2) is 5.43 Å². The first kappa shape index (κ1) is 20.6. The van der Waals surface area contributed by atoms with Crippen molar-refractivity contribution in [1.29, 1.82) is 5.26 Å². The molecule has 0 spiro atoms. The van der Waals surface area contributed by atoms with Gasteiger partial charge in [0, 0.05) is 36.5 Å². The summed E-state index contributed by atoms with van der Waals surface area (Å²) in [4.78, 5) is 24.3. The summed E-state index contributed by atoms with van der Waals surface area (Å²) >= 11 is 0. The van der Waals surface area contributed by atoms with E-state index in [0.29, 0.717) is 13.0 Å². The molecule has 8 nitrogen and oxygen atoms in total. The zero-order valence-electron chi connectivity index (χ0n) is 15.8. The van der Waals surface area contributed by atoms with Gasteiger partial charge >= 0.3 is 0 Å². The number of nitro benzene ring substituents is 1. The average molecular weight is 379 g/mol. The number of nitriles is 1. The molecule has 2 rings (SSSR count). The number of hydrogen-bond acceptors (Lipinski definition) is 6. The first-order valence-electron chi connectivity index (χ1n) is 8.76. The number of hydrogen-bond donors (Lipinski definition) is 1. The third-order valence-electron chi connectivity index (χ3n) is 4.20. The van der Waals surface area contributed by atoms with Gasteiger partial charge < -0.3 is 4.90 Å². The molecule has 0 aromatic heterocycles. The fraction of sp³-hybridized carbons (Fsp3) is 0.250. The molecule has 0 bridgehead atoms. The molecule has 144 valence electrons. The molecular weight excluding hydrogens is 358 g/mol. The van der Waals surface area contributed by atoms with E-state index in [1.54, 1.807) is 6.21 Å². The molecule has 8 heteroatoms. The number of anilines is 1. The minimum absolute atomic E-state index is 0.0772. The fourth-order valence-corrected chi connectivity index (χ4v) is 2.62. The second kappa shape index (κ2) is 9.83. The van der Waals surface area contributed by atoms with Crippen LogP contribution in [0.4, 0.5) is 11.4 Å². The van der Waals surface area contributed by atoms with E-state index in [1.807, 2.05) is 32.0 Å². The predicted molar refractivity (Wildman–Crippen MR) is 107 cm³/mol. The summed E-state index contributed by atoms with van der Waals surface area (Å²) in [6.07, 6.45) is 2.01. The minimum atomic E-state index is -0.522. The van der Waals surface area contributed by atoms with Gasteiger partial charge in [0.15, 0.2) is 0 Å². The number of rotatable bonds is 8. The maximum atomic E-state index is 12.1. The zero-order valence-corrected chi connectivity index (χ0v) is 15.8. The van der Waals surface area contributed by atoms with E-state index in [0.717, 1.165) is 23.4 Å². The summed E-state index contributed by atoms with van der Waals surface area (Å²) in [6, 6.07) is 13.3. The summed E-state index contributed by atoms with van der Waals surface area (Å²) in [5.74, 6) is -0.450. The molecule has 0 radical (unpaired) electrons. The van der Waals surface area contributed by atoms with Gasteiger partial charge in [-0.15, -0.1) is 0 Å². The topological polar surface area (TPSA) is 112 Å². The highest BCUT2D eigenvalue weighted by atomic mass is 16.6. The van der Waals surface area contributed by atoms with E-state index in [2.05, 4.69) is 21.5 Å². The second-order valence-electron chi connectivity index (χ2n) is 6.03. The van der Waals surface area contributed by atoms with Gasteiger partial charge in [0.1, 0.15) is 0 Å². The molecule has 0 atom stereocenters. The molecule has 0 aliphatic carbocycles. The standard InChI is InChI=1S/C20H21N5O3/c1-3-24(12-4-11-21)19-10-7-17(15(2)13-19)14-22-23-20(26)16-5-8-18(9-6-16)25(27)28/h5-10,13-14H,3-4,12H2,1-2H3,(H,23,26)/b22-14-. The Hall–Kier alpha value is -3.73. The van der Waals surface area contributed by atoms with Gasteiger partial charge in [0.25, 0.3) is 11.6 Å². The Balaban J connectivity index is 2.02. The summed E-state index contributed by atoms with van der Waals surface area (Å²) < 4.78 is 0. The van der Waals surface area contributed by atoms with Gasteiger partial charge in [-0.05, 0) is 49.2 Å².